The van der Waals surface area contributed by atoms with Crippen LogP contribution >= 0.6 is 11.6 Å². The Hall–Kier alpha value is -2.18. The molecule has 0 aliphatic heterocycles. The van der Waals surface area contributed by atoms with Crippen LogP contribution in [0.15, 0.2) is 52.3 Å². The topological polar surface area (TPSA) is 131 Å². The molecule has 0 fully saturated rings. The number of unbranched alkanes of at least 4 members (excludes halogenated alkanes) is 1. The number of aryl methyl sites for hydroxylation is 1. The molecule has 0 unspecified atom stereocenters. The Labute approximate surface area is 200 Å². The zero-order valence-corrected chi connectivity index (χ0v) is 20.8. The number of rotatable bonds is 13. The van der Waals surface area contributed by atoms with Gasteiger partial charge < -0.3 is 10.1 Å². The summed E-state index contributed by atoms with van der Waals surface area (Å²) in [5.41, 5.74) is 0.946. The third-order valence-corrected chi connectivity index (χ3v) is 7.70. The van der Waals surface area contributed by atoms with Gasteiger partial charge in [0.25, 0.3) is 5.91 Å². The number of carbonyl (C=O) groups is 1. The summed E-state index contributed by atoms with van der Waals surface area (Å²) >= 11 is 6.10. The zero-order chi connectivity index (χ0) is 24.5. The van der Waals surface area contributed by atoms with Crippen LogP contribution in [0, 0.1) is 6.92 Å². The number of nitrogens with one attached hydrogen (secondary N) is 3. The second-order valence-electron chi connectivity index (χ2n) is 7.19. The van der Waals surface area contributed by atoms with E-state index in [1.807, 2.05) is 13.8 Å². The first-order valence-corrected chi connectivity index (χ1v) is 13.6. The van der Waals surface area contributed by atoms with Gasteiger partial charge in [0.2, 0.25) is 20.0 Å². The lowest BCUT2D eigenvalue weighted by atomic mass is 10.2. The lowest BCUT2D eigenvalue weighted by Crippen LogP contribution is -2.36. The first kappa shape index (κ1) is 27.1. The molecule has 0 saturated heterocycles. The van der Waals surface area contributed by atoms with E-state index >= 15 is 0 Å². The number of hydrogen-bond acceptors (Lipinski definition) is 6. The Bertz CT molecular complexity index is 1150. The average molecular weight is 518 g/mol. The summed E-state index contributed by atoms with van der Waals surface area (Å²) < 4.78 is 59.1. The summed E-state index contributed by atoms with van der Waals surface area (Å²) in [6.07, 6.45) is 1.58. The molecule has 0 heterocycles. The second kappa shape index (κ2) is 12.3. The Morgan fingerprint density at radius 2 is 1.52 bits per heavy atom. The van der Waals surface area contributed by atoms with Gasteiger partial charge in [0.15, 0.2) is 6.61 Å². The fourth-order valence-corrected chi connectivity index (χ4v) is 5.05. The predicted molar refractivity (Wildman–Crippen MR) is 126 cm³/mol. The van der Waals surface area contributed by atoms with E-state index in [0.29, 0.717) is 6.54 Å². The van der Waals surface area contributed by atoms with Gasteiger partial charge in [-0.25, -0.2) is 26.3 Å². The third kappa shape index (κ3) is 8.59. The minimum Gasteiger partial charge on any atom is -0.482 e. The molecule has 0 aromatic heterocycles. The molecule has 9 nitrogen and oxygen atoms in total. The van der Waals surface area contributed by atoms with Gasteiger partial charge in [-0.1, -0.05) is 42.6 Å². The molecule has 1 amide bonds. The Morgan fingerprint density at radius 1 is 0.909 bits per heavy atom. The van der Waals surface area contributed by atoms with Gasteiger partial charge in [0, 0.05) is 19.6 Å². The lowest BCUT2D eigenvalue weighted by Gasteiger charge is -2.11. The Morgan fingerprint density at radius 3 is 2.15 bits per heavy atom. The van der Waals surface area contributed by atoms with Crippen molar-refractivity contribution in [3.05, 3.63) is 53.1 Å². The van der Waals surface area contributed by atoms with Gasteiger partial charge >= 0.3 is 0 Å². The van der Waals surface area contributed by atoms with Gasteiger partial charge in [-0.05, 0) is 43.7 Å². The van der Waals surface area contributed by atoms with Crippen LogP contribution in [-0.4, -0.2) is 49.0 Å². The summed E-state index contributed by atoms with van der Waals surface area (Å²) in [7, 11) is -7.34. The summed E-state index contributed by atoms with van der Waals surface area (Å²) in [6, 6.07) is 10.4. The smallest absolute Gasteiger partial charge is 0.257 e. The molecule has 2 aromatic carbocycles. The maximum atomic E-state index is 12.2. The van der Waals surface area contributed by atoms with Gasteiger partial charge in [0.1, 0.15) is 5.75 Å². The molecule has 0 aliphatic carbocycles. The summed E-state index contributed by atoms with van der Waals surface area (Å²) in [5.74, 6) is -0.335. The highest BCUT2D eigenvalue weighted by Gasteiger charge is 2.16. The molecule has 0 aliphatic rings. The predicted octanol–water partition coefficient (Wildman–Crippen LogP) is 2.20. The molecule has 33 heavy (non-hydrogen) atoms. The lowest BCUT2D eigenvalue weighted by molar-refractivity contribution is -0.123. The van der Waals surface area contributed by atoms with E-state index in [0.717, 1.165) is 18.4 Å². The molecule has 0 radical (unpaired) electrons. The van der Waals surface area contributed by atoms with Crippen molar-refractivity contribution in [1.29, 1.82) is 0 Å². The molecule has 0 spiro atoms. The normalized spacial score (nSPS) is 11.8. The summed E-state index contributed by atoms with van der Waals surface area (Å²) in [4.78, 5) is 12.1. The third-order valence-electron chi connectivity index (χ3n) is 4.47. The number of sulfonamides is 2. The van der Waals surface area contributed by atoms with E-state index in [2.05, 4.69) is 14.8 Å². The van der Waals surface area contributed by atoms with E-state index in [9.17, 15) is 21.6 Å². The van der Waals surface area contributed by atoms with E-state index in [1.54, 1.807) is 12.1 Å². The van der Waals surface area contributed by atoms with E-state index in [-0.39, 0.29) is 40.3 Å². The van der Waals surface area contributed by atoms with Crippen LogP contribution in [0.25, 0.3) is 0 Å². The van der Waals surface area contributed by atoms with Crippen LogP contribution < -0.4 is 19.5 Å². The van der Waals surface area contributed by atoms with Gasteiger partial charge in [0.05, 0.1) is 14.8 Å². The molecular weight excluding hydrogens is 490 g/mol. The zero-order valence-electron chi connectivity index (χ0n) is 18.4. The quantitative estimate of drug-likeness (QED) is 0.349. The number of carbonyl (C=O) groups excluding carboxylic acids is 1. The van der Waals surface area contributed by atoms with Crippen LogP contribution in [0.5, 0.6) is 5.75 Å². The van der Waals surface area contributed by atoms with Crippen molar-refractivity contribution in [2.24, 2.45) is 0 Å². The largest absolute Gasteiger partial charge is 0.482 e. The molecule has 3 N–H and O–H groups in total. The van der Waals surface area contributed by atoms with Crippen molar-refractivity contribution in [3.63, 3.8) is 0 Å². The first-order chi connectivity index (χ1) is 15.5. The minimum atomic E-state index is -3.68. The van der Waals surface area contributed by atoms with Crippen LogP contribution in [0.2, 0.25) is 5.02 Å². The Balaban J connectivity index is 1.79. The summed E-state index contributed by atoms with van der Waals surface area (Å²) in [6.45, 7) is 3.83. The minimum absolute atomic E-state index is 0.000291. The molecule has 0 atom stereocenters. The number of hydrogen-bond donors (Lipinski definition) is 3. The molecule has 0 bridgehead atoms. The number of amides is 1. The van der Waals surface area contributed by atoms with Gasteiger partial charge in [-0.2, -0.15) is 0 Å². The maximum absolute atomic E-state index is 12.2. The van der Waals surface area contributed by atoms with Crippen molar-refractivity contribution in [3.8, 4) is 5.75 Å². The highest BCUT2D eigenvalue weighted by atomic mass is 35.5. The molecule has 12 heteroatoms. The van der Waals surface area contributed by atoms with Crippen LogP contribution in [0.1, 0.15) is 25.3 Å². The molecule has 2 rings (SSSR count). The number of halogens is 1. The fourth-order valence-electron chi connectivity index (χ4n) is 2.61. The van der Waals surface area contributed by atoms with Gasteiger partial charge in [-0.15, -0.1) is 0 Å². The van der Waals surface area contributed by atoms with Crippen LogP contribution in [-0.2, 0) is 24.8 Å². The van der Waals surface area contributed by atoms with E-state index in [1.165, 1.54) is 30.3 Å². The highest BCUT2D eigenvalue weighted by molar-refractivity contribution is 7.89. The number of ether oxygens (including phenoxy) is 1. The van der Waals surface area contributed by atoms with Gasteiger partial charge in [-0.3, -0.25) is 4.79 Å². The molecule has 0 saturated carbocycles. The van der Waals surface area contributed by atoms with Crippen molar-refractivity contribution in [1.82, 2.24) is 14.8 Å². The molecule has 2 aromatic rings. The monoisotopic (exact) mass is 517 g/mol. The maximum Gasteiger partial charge on any atom is 0.257 e. The fraction of sp³-hybridized carbons (Fsp3) is 0.381. The van der Waals surface area contributed by atoms with E-state index < -0.39 is 26.0 Å². The summed E-state index contributed by atoms with van der Waals surface area (Å²) in [5, 5.41) is 2.58. The van der Waals surface area contributed by atoms with Crippen LogP contribution in [0.4, 0.5) is 0 Å². The second-order valence-corrected chi connectivity index (χ2v) is 11.1. The highest BCUT2D eigenvalue weighted by Crippen LogP contribution is 2.27. The standard InChI is InChI=1S/C21H28ClN3O6S2/c1-3-4-11-24-33(29,30)18-9-10-20(19(22)14-18)31-15-21(26)23-12-13-25-32(27,28)17-7-5-16(2)6-8-17/h5-10,14,24-25H,3-4,11-13,15H2,1-2H3,(H,23,26). The Kier molecular flexibility index (Phi) is 10.1. The molecular formula is C21H28ClN3O6S2. The number of benzene rings is 2. The van der Waals surface area contributed by atoms with Crippen molar-refractivity contribution in [2.45, 2.75) is 36.5 Å². The first-order valence-electron chi connectivity index (χ1n) is 10.3. The van der Waals surface area contributed by atoms with Crippen LogP contribution in [0.3, 0.4) is 0 Å². The molecule has 182 valence electrons. The SMILES string of the molecule is CCCCNS(=O)(=O)c1ccc(OCC(=O)NCCNS(=O)(=O)c2ccc(C)cc2)c(Cl)c1. The van der Waals surface area contributed by atoms with Crippen molar-refractivity contribution in [2.75, 3.05) is 26.2 Å². The van der Waals surface area contributed by atoms with E-state index in [4.69, 9.17) is 16.3 Å². The van der Waals surface area contributed by atoms with Crippen molar-refractivity contribution >= 4 is 37.6 Å². The average Bonchev–Trinajstić information content (AvgIpc) is 2.76. The van der Waals surface area contributed by atoms with Crippen molar-refractivity contribution < 1.29 is 26.4 Å².